The second-order valence-corrected chi connectivity index (χ2v) is 3.50. The van der Waals surface area contributed by atoms with E-state index in [0.717, 1.165) is 21.5 Å². The van der Waals surface area contributed by atoms with E-state index in [0.29, 0.717) is 6.61 Å². The van der Waals surface area contributed by atoms with Gasteiger partial charge in [-0.3, -0.25) is 0 Å². The normalized spacial score (nSPS) is 10.0. The average molecular weight is 261 g/mol. The summed E-state index contributed by atoms with van der Waals surface area (Å²) in [5.74, 6) is 1.51. The van der Waals surface area contributed by atoms with Crippen molar-refractivity contribution in [2.45, 2.75) is 6.61 Å². The number of halogens is 1. The van der Waals surface area contributed by atoms with Crippen molar-refractivity contribution in [3.63, 3.8) is 0 Å². The first-order chi connectivity index (χ1) is 6.74. The van der Waals surface area contributed by atoms with Gasteiger partial charge in [-0.1, -0.05) is 0 Å². The van der Waals surface area contributed by atoms with Crippen molar-refractivity contribution in [3.8, 4) is 11.5 Å². The smallest absolute Gasteiger partial charge is 0.142 e. The number of benzene rings is 1. The lowest BCUT2D eigenvalue weighted by Crippen LogP contribution is -1.96. The molecule has 0 fully saturated rings. The SMILES string of the molecule is COCc1ccc(OC)c(Br)c1OC. The van der Waals surface area contributed by atoms with Gasteiger partial charge in [0, 0.05) is 12.7 Å². The molecule has 0 radical (unpaired) electrons. The monoisotopic (exact) mass is 260 g/mol. The van der Waals surface area contributed by atoms with Crippen molar-refractivity contribution < 1.29 is 14.2 Å². The van der Waals surface area contributed by atoms with Crippen molar-refractivity contribution in [2.75, 3.05) is 21.3 Å². The fraction of sp³-hybridized carbons (Fsp3) is 0.400. The average Bonchev–Trinajstić information content (AvgIpc) is 2.19. The van der Waals surface area contributed by atoms with Crippen LogP contribution in [0.5, 0.6) is 11.5 Å². The first-order valence-corrected chi connectivity index (χ1v) is 4.92. The molecule has 1 rings (SSSR count). The first-order valence-electron chi connectivity index (χ1n) is 4.12. The minimum atomic E-state index is 0.520. The maximum atomic E-state index is 5.26. The zero-order valence-corrected chi connectivity index (χ0v) is 10.1. The molecular weight excluding hydrogens is 248 g/mol. The fourth-order valence-corrected chi connectivity index (χ4v) is 1.94. The highest BCUT2D eigenvalue weighted by Crippen LogP contribution is 2.37. The molecule has 0 saturated heterocycles. The van der Waals surface area contributed by atoms with E-state index in [4.69, 9.17) is 14.2 Å². The van der Waals surface area contributed by atoms with Crippen LogP contribution in [-0.4, -0.2) is 21.3 Å². The van der Waals surface area contributed by atoms with E-state index in [-0.39, 0.29) is 0 Å². The number of methoxy groups -OCH3 is 3. The third-order valence-corrected chi connectivity index (χ3v) is 2.62. The van der Waals surface area contributed by atoms with E-state index in [1.54, 1.807) is 21.3 Å². The summed E-state index contributed by atoms with van der Waals surface area (Å²) in [4.78, 5) is 0. The van der Waals surface area contributed by atoms with E-state index in [1.165, 1.54) is 0 Å². The lowest BCUT2D eigenvalue weighted by molar-refractivity contribution is 0.181. The summed E-state index contributed by atoms with van der Waals surface area (Å²) in [6.07, 6.45) is 0. The van der Waals surface area contributed by atoms with E-state index in [2.05, 4.69) is 15.9 Å². The summed E-state index contributed by atoms with van der Waals surface area (Å²) in [6.45, 7) is 0.520. The number of ether oxygens (including phenoxy) is 3. The van der Waals surface area contributed by atoms with E-state index in [9.17, 15) is 0 Å². The van der Waals surface area contributed by atoms with Gasteiger partial charge in [-0.15, -0.1) is 0 Å². The molecule has 3 nitrogen and oxygen atoms in total. The minimum absolute atomic E-state index is 0.520. The second-order valence-electron chi connectivity index (χ2n) is 2.71. The Labute approximate surface area is 92.1 Å². The maximum absolute atomic E-state index is 5.26. The Kier molecular flexibility index (Phi) is 4.22. The molecule has 14 heavy (non-hydrogen) atoms. The topological polar surface area (TPSA) is 27.7 Å². The molecule has 1 aromatic rings. The largest absolute Gasteiger partial charge is 0.495 e. The fourth-order valence-electron chi connectivity index (χ4n) is 1.23. The molecule has 1 aromatic carbocycles. The van der Waals surface area contributed by atoms with Crippen molar-refractivity contribution in [2.24, 2.45) is 0 Å². The molecule has 0 aliphatic heterocycles. The highest BCUT2D eigenvalue weighted by Gasteiger charge is 2.11. The lowest BCUT2D eigenvalue weighted by Gasteiger charge is -2.12. The van der Waals surface area contributed by atoms with E-state index >= 15 is 0 Å². The standard InChI is InChI=1S/C10H13BrO3/c1-12-6-7-4-5-8(13-2)9(11)10(7)14-3/h4-5H,6H2,1-3H3. The predicted molar refractivity (Wildman–Crippen MR) is 58.0 cm³/mol. The van der Waals surface area contributed by atoms with E-state index < -0.39 is 0 Å². The molecule has 0 atom stereocenters. The van der Waals surface area contributed by atoms with Crippen LogP contribution in [0.25, 0.3) is 0 Å². The van der Waals surface area contributed by atoms with Gasteiger partial charge in [-0.05, 0) is 28.1 Å². The van der Waals surface area contributed by atoms with Crippen molar-refractivity contribution >= 4 is 15.9 Å². The van der Waals surface area contributed by atoms with Crippen LogP contribution in [0.15, 0.2) is 16.6 Å². The molecule has 0 aromatic heterocycles. The Morgan fingerprint density at radius 1 is 1.14 bits per heavy atom. The van der Waals surface area contributed by atoms with Crippen LogP contribution in [-0.2, 0) is 11.3 Å². The summed E-state index contributed by atoms with van der Waals surface area (Å²) < 4.78 is 16.3. The van der Waals surface area contributed by atoms with Crippen LogP contribution in [0.3, 0.4) is 0 Å². The molecule has 0 spiro atoms. The highest BCUT2D eigenvalue weighted by atomic mass is 79.9. The molecule has 0 unspecified atom stereocenters. The molecule has 0 amide bonds. The lowest BCUT2D eigenvalue weighted by atomic mass is 10.2. The second kappa shape index (κ2) is 5.22. The molecule has 0 bridgehead atoms. The van der Waals surface area contributed by atoms with Gasteiger partial charge < -0.3 is 14.2 Å². The third kappa shape index (κ3) is 2.19. The quantitative estimate of drug-likeness (QED) is 0.833. The molecule has 0 saturated carbocycles. The molecule has 4 heteroatoms. The van der Waals surface area contributed by atoms with Gasteiger partial charge in [0.05, 0.1) is 20.8 Å². The van der Waals surface area contributed by atoms with Crippen molar-refractivity contribution in [1.29, 1.82) is 0 Å². The van der Waals surface area contributed by atoms with Crippen LogP contribution >= 0.6 is 15.9 Å². The summed E-state index contributed by atoms with van der Waals surface area (Å²) in [6, 6.07) is 3.80. The third-order valence-electron chi connectivity index (χ3n) is 1.87. The summed E-state index contributed by atoms with van der Waals surface area (Å²) >= 11 is 3.42. The Balaban J connectivity index is 3.14. The first kappa shape index (κ1) is 11.3. The Morgan fingerprint density at radius 3 is 2.36 bits per heavy atom. The maximum Gasteiger partial charge on any atom is 0.142 e. The van der Waals surface area contributed by atoms with Gasteiger partial charge in [-0.25, -0.2) is 0 Å². The molecule has 78 valence electrons. The Bertz CT molecular complexity index is 312. The Hall–Kier alpha value is -0.740. The van der Waals surface area contributed by atoms with Gasteiger partial charge in [-0.2, -0.15) is 0 Å². The van der Waals surface area contributed by atoms with Gasteiger partial charge in [0.2, 0.25) is 0 Å². The zero-order chi connectivity index (χ0) is 10.6. The van der Waals surface area contributed by atoms with Crippen LogP contribution in [0, 0.1) is 0 Å². The van der Waals surface area contributed by atoms with Crippen LogP contribution in [0.2, 0.25) is 0 Å². The van der Waals surface area contributed by atoms with Crippen molar-refractivity contribution in [3.05, 3.63) is 22.2 Å². The molecule has 0 aliphatic rings. The number of hydrogen-bond acceptors (Lipinski definition) is 3. The van der Waals surface area contributed by atoms with Crippen molar-refractivity contribution in [1.82, 2.24) is 0 Å². The minimum Gasteiger partial charge on any atom is -0.495 e. The summed E-state index contributed by atoms with van der Waals surface area (Å²) in [5, 5.41) is 0. The van der Waals surface area contributed by atoms with Gasteiger partial charge in [0.25, 0.3) is 0 Å². The highest BCUT2D eigenvalue weighted by molar-refractivity contribution is 9.10. The predicted octanol–water partition coefficient (Wildman–Crippen LogP) is 2.61. The zero-order valence-electron chi connectivity index (χ0n) is 8.46. The number of rotatable bonds is 4. The van der Waals surface area contributed by atoms with Gasteiger partial charge >= 0.3 is 0 Å². The Morgan fingerprint density at radius 2 is 1.86 bits per heavy atom. The van der Waals surface area contributed by atoms with Crippen LogP contribution in [0.1, 0.15) is 5.56 Å². The molecular formula is C10H13BrO3. The van der Waals surface area contributed by atoms with Gasteiger partial charge in [0.15, 0.2) is 0 Å². The van der Waals surface area contributed by atoms with Gasteiger partial charge in [0.1, 0.15) is 16.0 Å². The number of hydrogen-bond donors (Lipinski definition) is 0. The van der Waals surface area contributed by atoms with Crippen LogP contribution in [0.4, 0.5) is 0 Å². The molecule has 0 heterocycles. The van der Waals surface area contributed by atoms with E-state index in [1.807, 2.05) is 12.1 Å². The van der Waals surface area contributed by atoms with Crippen LogP contribution < -0.4 is 9.47 Å². The summed E-state index contributed by atoms with van der Waals surface area (Å²) in [5.41, 5.74) is 0.989. The molecule has 0 N–H and O–H groups in total. The summed E-state index contributed by atoms with van der Waals surface area (Å²) in [7, 11) is 4.89. The molecule has 0 aliphatic carbocycles.